The molecule has 0 radical (unpaired) electrons. The van der Waals surface area contributed by atoms with E-state index in [1.807, 2.05) is 12.1 Å². The number of aromatic nitrogens is 1. The number of benzene rings is 1. The SMILES string of the molecule is O=c1oc(=O)n(C2CCCCC2)c2ccccc12. The molecule has 18 heavy (non-hydrogen) atoms. The third-order valence-electron chi connectivity index (χ3n) is 3.70. The van der Waals surface area contributed by atoms with Gasteiger partial charge in [0.15, 0.2) is 0 Å². The summed E-state index contributed by atoms with van der Waals surface area (Å²) in [5.41, 5.74) is 0.160. The average molecular weight is 245 g/mol. The van der Waals surface area contributed by atoms with Crippen LogP contribution in [-0.2, 0) is 0 Å². The smallest absolute Gasteiger partial charge is 0.372 e. The number of hydrogen-bond donors (Lipinski definition) is 0. The Morgan fingerprint density at radius 3 is 2.56 bits per heavy atom. The van der Waals surface area contributed by atoms with Crippen LogP contribution in [0.15, 0.2) is 38.3 Å². The second kappa shape index (κ2) is 4.44. The molecule has 1 aromatic heterocycles. The lowest BCUT2D eigenvalue weighted by Crippen LogP contribution is -2.29. The normalized spacial score (nSPS) is 17.1. The maximum absolute atomic E-state index is 11.9. The fourth-order valence-electron chi connectivity index (χ4n) is 2.82. The van der Waals surface area contributed by atoms with Crippen LogP contribution in [-0.4, -0.2) is 4.57 Å². The van der Waals surface area contributed by atoms with E-state index in [1.54, 1.807) is 16.7 Å². The zero-order valence-electron chi connectivity index (χ0n) is 10.1. The van der Waals surface area contributed by atoms with Gasteiger partial charge in [-0.15, -0.1) is 0 Å². The third kappa shape index (κ3) is 1.78. The molecule has 94 valence electrons. The molecule has 3 rings (SSSR count). The van der Waals surface area contributed by atoms with E-state index >= 15 is 0 Å². The molecule has 0 amide bonds. The molecule has 1 saturated carbocycles. The van der Waals surface area contributed by atoms with Gasteiger partial charge in [0.25, 0.3) is 0 Å². The minimum absolute atomic E-state index is 0.167. The first-order valence-corrected chi connectivity index (χ1v) is 6.42. The zero-order chi connectivity index (χ0) is 12.5. The molecule has 0 atom stereocenters. The van der Waals surface area contributed by atoms with E-state index in [4.69, 9.17) is 4.42 Å². The molecule has 0 spiro atoms. The summed E-state index contributed by atoms with van der Waals surface area (Å²) in [7, 11) is 0. The number of hydrogen-bond acceptors (Lipinski definition) is 3. The first kappa shape index (κ1) is 11.3. The van der Waals surface area contributed by atoms with Crippen molar-refractivity contribution in [3.05, 3.63) is 45.2 Å². The molecule has 0 N–H and O–H groups in total. The Morgan fingerprint density at radius 1 is 1.06 bits per heavy atom. The highest BCUT2D eigenvalue weighted by molar-refractivity contribution is 5.77. The number of nitrogens with zero attached hydrogens (tertiary/aromatic N) is 1. The van der Waals surface area contributed by atoms with E-state index in [0.717, 1.165) is 25.7 Å². The molecule has 1 aromatic carbocycles. The molecule has 1 aliphatic rings. The van der Waals surface area contributed by atoms with Crippen LogP contribution in [0.5, 0.6) is 0 Å². The molecule has 2 aromatic rings. The van der Waals surface area contributed by atoms with Gasteiger partial charge in [-0.1, -0.05) is 31.4 Å². The highest BCUT2D eigenvalue weighted by Gasteiger charge is 2.20. The number of fused-ring (bicyclic) bond motifs is 1. The number of para-hydroxylation sites is 1. The second-order valence-corrected chi connectivity index (χ2v) is 4.83. The van der Waals surface area contributed by atoms with Gasteiger partial charge < -0.3 is 4.42 Å². The zero-order valence-corrected chi connectivity index (χ0v) is 10.1. The van der Waals surface area contributed by atoms with Crippen molar-refractivity contribution in [2.45, 2.75) is 38.1 Å². The summed E-state index contributed by atoms with van der Waals surface area (Å²) in [6, 6.07) is 7.33. The van der Waals surface area contributed by atoms with Crippen molar-refractivity contribution >= 4 is 10.9 Å². The van der Waals surface area contributed by atoms with Gasteiger partial charge in [0.1, 0.15) is 0 Å². The van der Waals surface area contributed by atoms with Crippen LogP contribution in [0, 0.1) is 0 Å². The van der Waals surface area contributed by atoms with Crippen molar-refractivity contribution < 1.29 is 4.42 Å². The molecule has 1 aliphatic carbocycles. The Bertz CT molecular complexity index is 677. The first-order chi connectivity index (χ1) is 8.77. The summed E-state index contributed by atoms with van der Waals surface area (Å²) >= 11 is 0. The molecular weight excluding hydrogens is 230 g/mol. The maximum Gasteiger partial charge on any atom is 0.422 e. The molecule has 1 heterocycles. The van der Waals surface area contributed by atoms with Crippen LogP contribution in [0.4, 0.5) is 0 Å². The van der Waals surface area contributed by atoms with Crippen LogP contribution >= 0.6 is 0 Å². The summed E-state index contributed by atoms with van der Waals surface area (Å²) < 4.78 is 6.49. The van der Waals surface area contributed by atoms with Crippen molar-refractivity contribution in [2.24, 2.45) is 0 Å². The second-order valence-electron chi connectivity index (χ2n) is 4.83. The van der Waals surface area contributed by atoms with Crippen molar-refractivity contribution in [2.75, 3.05) is 0 Å². The Balaban J connectivity index is 2.27. The van der Waals surface area contributed by atoms with Crippen LogP contribution in [0.25, 0.3) is 10.9 Å². The van der Waals surface area contributed by atoms with Crippen molar-refractivity contribution in [1.29, 1.82) is 0 Å². The van der Waals surface area contributed by atoms with Crippen molar-refractivity contribution in [1.82, 2.24) is 4.57 Å². The van der Waals surface area contributed by atoms with Gasteiger partial charge in [-0.2, -0.15) is 0 Å². The van der Waals surface area contributed by atoms with E-state index in [-0.39, 0.29) is 6.04 Å². The topological polar surface area (TPSA) is 52.2 Å². The predicted octanol–water partition coefficient (Wildman–Crippen LogP) is 2.46. The quantitative estimate of drug-likeness (QED) is 0.775. The fraction of sp³-hybridized carbons (Fsp3) is 0.429. The van der Waals surface area contributed by atoms with E-state index in [2.05, 4.69) is 0 Å². The summed E-state index contributed by atoms with van der Waals surface area (Å²) in [5.74, 6) is -0.523. The highest BCUT2D eigenvalue weighted by atomic mass is 16.4. The molecule has 0 aliphatic heterocycles. The van der Waals surface area contributed by atoms with Crippen molar-refractivity contribution in [3.63, 3.8) is 0 Å². The minimum atomic E-state index is -0.539. The van der Waals surface area contributed by atoms with Crippen molar-refractivity contribution in [3.8, 4) is 0 Å². The van der Waals surface area contributed by atoms with E-state index in [0.29, 0.717) is 10.9 Å². The first-order valence-electron chi connectivity index (χ1n) is 6.42. The molecule has 0 saturated heterocycles. The molecule has 0 unspecified atom stereocenters. The summed E-state index contributed by atoms with van der Waals surface area (Å²) in [6.45, 7) is 0. The number of rotatable bonds is 1. The Kier molecular flexibility index (Phi) is 2.78. The van der Waals surface area contributed by atoms with Gasteiger partial charge in [0.05, 0.1) is 10.9 Å². The largest absolute Gasteiger partial charge is 0.422 e. The minimum Gasteiger partial charge on any atom is -0.372 e. The average Bonchev–Trinajstić information content (AvgIpc) is 2.40. The lowest BCUT2D eigenvalue weighted by Gasteiger charge is -2.24. The Morgan fingerprint density at radius 2 is 1.78 bits per heavy atom. The van der Waals surface area contributed by atoms with E-state index in [9.17, 15) is 9.59 Å². The fourth-order valence-corrected chi connectivity index (χ4v) is 2.82. The Hall–Kier alpha value is -1.84. The van der Waals surface area contributed by atoms with Gasteiger partial charge >= 0.3 is 11.4 Å². The third-order valence-corrected chi connectivity index (χ3v) is 3.70. The molecule has 4 nitrogen and oxygen atoms in total. The van der Waals surface area contributed by atoms with Crippen LogP contribution in [0.2, 0.25) is 0 Å². The molecule has 0 bridgehead atoms. The van der Waals surface area contributed by atoms with E-state index < -0.39 is 11.4 Å². The van der Waals surface area contributed by atoms with Gasteiger partial charge in [-0.05, 0) is 25.0 Å². The summed E-state index contributed by atoms with van der Waals surface area (Å²) in [6.07, 6.45) is 5.45. The monoisotopic (exact) mass is 245 g/mol. The van der Waals surface area contributed by atoms with Gasteiger partial charge in [-0.3, -0.25) is 4.57 Å². The molecule has 4 heteroatoms. The van der Waals surface area contributed by atoms with Crippen LogP contribution < -0.4 is 11.4 Å². The summed E-state index contributed by atoms with van der Waals surface area (Å²) in [5, 5.41) is 0.489. The van der Waals surface area contributed by atoms with E-state index in [1.165, 1.54) is 6.42 Å². The van der Waals surface area contributed by atoms with Gasteiger partial charge in [0, 0.05) is 6.04 Å². The molecule has 1 fully saturated rings. The van der Waals surface area contributed by atoms with Gasteiger partial charge in [-0.25, -0.2) is 9.59 Å². The van der Waals surface area contributed by atoms with Crippen LogP contribution in [0.1, 0.15) is 38.1 Å². The predicted molar refractivity (Wildman–Crippen MR) is 68.9 cm³/mol. The highest BCUT2D eigenvalue weighted by Crippen LogP contribution is 2.28. The van der Waals surface area contributed by atoms with Gasteiger partial charge in [0.2, 0.25) is 0 Å². The standard InChI is InChI=1S/C14H15NO3/c16-13-11-8-4-5-9-12(11)15(14(17)18-13)10-6-2-1-3-7-10/h4-5,8-10H,1-3,6-7H2. The van der Waals surface area contributed by atoms with Crippen LogP contribution in [0.3, 0.4) is 0 Å². The lowest BCUT2D eigenvalue weighted by atomic mass is 9.95. The Labute approximate surface area is 104 Å². The summed E-state index contributed by atoms with van der Waals surface area (Å²) in [4.78, 5) is 23.6. The maximum atomic E-state index is 11.9. The lowest BCUT2D eigenvalue weighted by molar-refractivity contribution is 0.312. The molecular formula is C14H15NO3.